The number of rotatable bonds is 4. The molecular formula is C12H21N5O. The van der Waals surface area contributed by atoms with Crippen LogP contribution in [-0.2, 0) is 0 Å². The molecular weight excluding hydrogens is 230 g/mol. The number of hydrazine groups is 1. The van der Waals surface area contributed by atoms with Crippen LogP contribution >= 0.6 is 0 Å². The van der Waals surface area contributed by atoms with Crippen LogP contribution in [0.3, 0.4) is 0 Å². The van der Waals surface area contributed by atoms with Crippen molar-refractivity contribution in [3.8, 4) is 5.75 Å². The highest BCUT2D eigenvalue weighted by Crippen LogP contribution is 2.31. The van der Waals surface area contributed by atoms with Crippen LogP contribution in [0.1, 0.15) is 32.6 Å². The summed E-state index contributed by atoms with van der Waals surface area (Å²) < 4.78 is 5.30. The second-order valence-corrected chi connectivity index (χ2v) is 4.85. The van der Waals surface area contributed by atoms with E-state index < -0.39 is 0 Å². The van der Waals surface area contributed by atoms with E-state index in [2.05, 4.69) is 27.6 Å². The molecule has 1 fully saturated rings. The number of nitrogens with two attached hydrogens (primary N) is 1. The van der Waals surface area contributed by atoms with Crippen LogP contribution in [0.4, 0.5) is 11.6 Å². The Kier molecular flexibility index (Phi) is 4.19. The maximum Gasteiger partial charge on any atom is 0.205 e. The Morgan fingerprint density at radius 3 is 2.50 bits per heavy atom. The quantitative estimate of drug-likeness (QED) is 0.558. The number of anilines is 2. The third-order valence-electron chi connectivity index (χ3n) is 3.50. The van der Waals surface area contributed by atoms with Gasteiger partial charge in [-0.15, -0.1) is 0 Å². The second-order valence-electron chi connectivity index (χ2n) is 4.85. The Morgan fingerprint density at radius 1 is 1.22 bits per heavy atom. The van der Waals surface area contributed by atoms with Gasteiger partial charge in [-0.1, -0.05) is 6.92 Å². The van der Waals surface area contributed by atoms with Crippen molar-refractivity contribution < 1.29 is 4.74 Å². The van der Waals surface area contributed by atoms with E-state index in [0.717, 1.165) is 5.92 Å². The summed E-state index contributed by atoms with van der Waals surface area (Å²) in [6, 6.07) is 0.454. The van der Waals surface area contributed by atoms with Gasteiger partial charge in [0, 0.05) is 6.04 Å². The van der Waals surface area contributed by atoms with Crippen LogP contribution in [-0.4, -0.2) is 23.1 Å². The Morgan fingerprint density at radius 2 is 1.89 bits per heavy atom. The Bertz CT molecular complexity index is 390. The third-order valence-corrected chi connectivity index (χ3v) is 3.50. The van der Waals surface area contributed by atoms with Gasteiger partial charge in [0.1, 0.15) is 6.33 Å². The van der Waals surface area contributed by atoms with E-state index in [4.69, 9.17) is 10.6 Å². The summed E-state index contributed by atoms with van der Waals surface area (Å²) in [5.41, 5.74) is 2.52. The Labute approximate surface area is 107 Å². The number of aromatic nitrogens is 2. The summed E-state index contributed by atoms with van der Waals surface area (Å²) in [5, 5.41) is 3.42. The first-order chi connectivity index (χ1) is 8.74. The highest BCUT2D eigenvalue weighted by molar-refractivity contribution is 5.63. The van der Waals surface area contributed by atoms with Gasteiger partial charge >= 0.3 is 0 Å². The molecule has 0 unspecified atom stereocenters. The van der Waals surface area contributed by atoms with Crippen molar-refractivity contribution in [1.29, 1.82) is 0 Å². The molecule has 1 aliphatic rings. The Hall–Kier alpha value is -1.56. The highest BCUT2D eigenvalue weighted by Gasteiger charge is 2.20. The van der Waals surface area contributed by atoms with Crippen LogP contribution in [0.5, 0.6) is 5.75 Å². The van der Waals surface area contributed by atoms with Crippen molar-refractivity contribution in [3.63, 3.8) is 0 Å². The van der Waals surface area contributed by atoms with E-state index in [-0.39, 0.29) is 0 Å². The molecule has 2 rings (SSSR count). The van der Waals surface area contributed by atoms with Gasteiger partial charge in [0.15, 0.2) is 11.6 Å². The van der Waals surface area contributed by atoms with Gasteiger partial charge in [0.05, 0.1) is 7.11 Å². The molecule has 1 aliphatic carbocycles. The lowest BCUT2D eigenvalue weighted by atomic mass is 9.87. The van der Waals surface area contributed by atoms with Gasteiger partial charge in [-0.2, -0.15) is 0 Å². The molecule has 0 bridgehead atoms. The van der Waals surface area contributed by atoms with Gasteiger partial charge in [-0.05, 0) is 31.6 Å². The number of nitrogens with one attached hydrogen (secondary N) is 2. The van der Waals surface area contributed by atoms with Gasteiger partial charge in [-0.3, -0.25) is 0 Å². The fourth-order valence-electron chi connectivity index (χ4n) is 2.37. The predicted octanol–water partition coefficient (Wildman–Crippen LogP) is 1.76. The van der Waals surface area contributed by atoms with Crippen LogP contribution in [0, 0.1) is 5.92 Å². The van der Waals surface area contributed by atoms with E-state index in [1.807, 2.05) is 0 Å². The first-order valence-corrected chi connectivity index (χ1v) is 6.36. The first kappa shape index (κ1) is 12.9. The summed E-state index contributed by atoms with van der Waals surface area (Å²) in [5.74, 6) is 8.00. The fourth-order valence-corrected chi connectivity index (χ4v) is 2.37. The number of ether oxygens (including phenoxy) is 1. The third kappa shape index (κ3) is 2.81. The van der Waals surface area contributed by atoms with Crippen molar-refractivity contribution in [3.05, 3.63) is 6.33 Å². The zero-order valence-corrected chi connectivity index (χ0v) is 10.9. The lowest BCUT2D eigenvalue weighted by Gasteiger charge is -2.27. The molecule has 0 aromatic carbocycles. The molecule has 1 saturated carbocycles. The standard InChI is InChI=1S/C12H21N5O/c1-8-3-5-9(6-4-8)16-11-10(18-2)12(17-13)15-7-14-11/h7-9H,3-6,13H2,1-2H3,(H2,14,15,16,17). The molecule has 4 N–H and O–H groups in total. The summed E-state index contributed by atoms with van der Waals surface area (Å²) in [7, 11) is 1.59. The van der Waals surface area contributed by atoms with E-state index in [1.54, 1.807) is 7.11 Å². The average molecular weight is 251 g/mol. The summed E-state index contributed by atoms with van der Waals surface area (Å²) in [4.78, 5) is 8.25. The molecule has 1 heterocycles. The van der Waals surface area contributed by atoms with E-state index in [1.165, 1.54) is 32.0 Å². The molecule has 6 nitrogen and oxygen atoms in total. The lowest BCUT2D eigenvalue weighted by Crippen LogP contribution is -2.26. The van der Waals surface area contributed by atoms with Crippen molar-refractivity contribution in [2.45, 2.75) is 38.6 Å². The minimum Gasteiger partial charge on any atom is -0.490 e. The SMILES string of the molecule is COc1c(NN)ncnc1NC1CCC(C)CC1. The smallest absolute Gasteiger partial charge is 0.205 e. The van der Waals surface area contributed by atoms with Gasteiger partial charge < -0.3 is 15.5 Å². The summed E-state index contributed by atoms with van der Waals surface area (Å²) in [6.45, 7) is 2.30. The van der Waals surface area contributed by atoms with Gasteiger partial charge in [-0.25, -0.2) is 15.8 Å². The maximum atomic E-state index is 5.40. The molecule has 0 atom stereocenters. The molecule has 100 valence electrons. The molecule has 18 heavy (non-hydrogen) atoms. The van der Waals surface area contributed by atoms with Crippen LogP contribution in [0.15, 0.2) is 6.33 Å². The molecule has 0 radical (unpaired) electrons. The molecule has 0 spiro atoms. The second kappa shape index (κ2) is 5.86. The first-order valence-electron chi connectivity index (χ1n) is 6.36. The van der Waals surface area contributed by atoms with Crippen molar-refractivity contribution in [2.75, 3.05) is 17.9 Å². The van der Waals surface area contributed by atoms with Crippen LogP contribution in [0.25, 0.3) is 0 Å². The predicted molar refractivity (Wildman–Crippen MR) is 71.4 cm³/mol. The van der Waals surface area contributed by atoms with Crippen molar-refractivity contribution in [1.82, 2.24) is 9.97 Å². The minimum absolute atomic E-state index is 0.454. The molecule has 0 amide bonds. The summed E-state index contributed by atoms with van der Waals surface area (Å²) in [6.07, 6.45) is 6.32. The maximum absolute atomic E-state index is 5.40. The van der Waals surface area contributed by atoms with E-state index in [0.29, 0.717) is 23.4 Å². The largest absolute Gasteiger partial charge is 0.490 e. The number of nitrogens with zero attached hydrogens (tertiary/aromatic N) is 2. The monoisotopic (exact) mass is 251 g/mol. The number of nitrogen functional groups attached to an aromatic ring is 1. The van der Waals surface area contributed by atoms with E-state index >= 15 is 0 Å². The zero-order valence-electron chi connectivity index (χ0n) is 10.9. The number of hydrogen-bond donors (Lipinski definition) is 3. The average Bonchev–Trinajstić information content (AvgIpc) is 2.41. The summed E-state index contributed by atoms with van der Waals surface area (Å²) >= 11 is 0. The molecule has 0 saturated heterocycles. The van der Waals surface area contributed by atoms with E-state index in [9.17, 15) is 0 Å². The van der Waals surface area contributed by atoms with Gasteiger partial charge in [0.2, 0.25) is 5.75 Å². The van der Waals surface area contributed by atoms with Crippen LogP contribution < -0.4 is 21.3 Å². The lowest BCUT2D eigenvalue weighted by molar-refractivity contribution is 0.358. The highest BCUT2D eigenvalue weighted by atomic mass is 16.5. The Balaban J connectivity index is 2.09. The number of hydrogen-bond acceptors (Lipinski definition) is 6. The minimum atomic E-state index is 0.454. The molecule has 0 aliphatic heterocycles. The normalized spacial score (nSPS) is 23.5. The van der Waals surface area contributed by atoms with Crippen molar-refractivity contribution in [2.24, 2.45) is 11.8 Å². The van der Waals surface area contributed by atoms with Crippen molar-refractivity contribution >= 4 is 11.6 Å². The zero-order chi connectivity index (χ0) is 13.0. The van der Waals surface area contributed by atoms with Gasteiger partial charge in [0.25, 0.3) is 0 Å². The number of methoxy groups -OCH3 is 1. The fraction of sp³-hybridized carbons (Fsp3) is 0.667. The molecule has 6 heteroatoms. The topological polar surface area (TPSA) is 85.1 Å². The molecule has 1 aromatic heterocycles. The van der Waals surface area contributed by atoms with Crippen LogP contribution in [0.2, 0.25) is 0 Å². The molecule has 1 aromatic rings.